The van der Waals surface area contributed by atoms with Crippen LogP contribution in [0.2, 0.25) is 0 Å². The second-order valence-corrected chi connectivity index (χ2v) is 7.47. The molecule has 0 bridgehead atoms. The van der Waals surface area contributed by atoms with Crippen LogP contribution in [0.5, 0.6) is 5.75 Å². The highest BCUT2D eigenvalue weighted by atomic mass is 16.6. The number of pyridine rings is 1. The van der Waals surface area contributed by atoms with Crippen LogP contribution in [-0.2, 0) is 4.74 Å². The minimum absolute atomic E-state index is 0.0260. The number of esters is 1. The number of benzene rings is 2. The molecule has 0 spiro atoms. The molecular weight excluding hydrogens is 372 g/mol. The Kier molecular flexibility index (Phi) is 5.41. The molecule has 2 aromatic carbocycles. The summed E-state index contributed by atoms with van der Waals surface area (Å²) in [7, 11) is 1.51. The predicted octanol–water partition coefficient (Wildman–Crippen LogP) is 3.74. The third kappa shape index (κ3) is 4.63. The molecule has 0 atom stereocenters. The average molecular weight is 394 g/mol. The number of ether oxygens (including phenoxy) is 2. The highest BCUT2D eigenvalue weighted by molar-refractivity contribution is 6.06. The standard InChI is InChI=1S/C22H22N2O5/c1-22(2,3)29-21(27)13-8-10-15(11-9-13)23-19(25)16-12-14-6-5-7-17(28-4)18(14)24-20(16)26/h5-12H,1-4H3,(H,23,25)(H,24,26). The minimum Gasteiger partial charge on any atom is -0.495 e. The number of methoxy groups -OCH3 is 1. The molecule has 0 radical (unpaired) electrons. The van der Waals surface area contributed by atoms with Gasteiger partial charge in [0.2, 0.25) is 0 Å². The van der Waals surface area contributed by atoms with Crippen LogP contribution >= 0.6 is 0 Å². The number of amides is 1. The number of hydrogen-bond donors (Lipinski definition) is 2. The number of anilines is 1. The van der Waals surface area contributed by atoms with Crippen LogP contribution in [0.15, 0.2) is 53.3 Å². The SMILES string of the molecule is COc1cccc2cc(C(=O)Nc3ccc(C(=O)OC(C)(C)C)cc3)c(=O)[nH]c12. The zero-order chi connectivity index (χ0) is 21.2. The van der Waals surface area contributed by atoms with E-state index in [0.29, 0.717) is 27.9 Å². The van der Waals surface area contributed by atoms with Crippen molar-refractivity contribution >= 4 is 28.5 Å². The first-order chi connectivity index (χ1) is 13.7. The lowest BCUT2D eigenvalue weighted by Gasteiger charge is -2.19. The van der Waals surface area contributed by atoms with Gasteiger partial charge in [0.15, 0.2) is 0 Å². The first kappa shape index (κ1) is 20.1. The number of para-hydroxylation sites is 1. The molecule has 0 aliphatic carbocycles. The number of aromatic amines is 1. The van der Waals surface area contributed by atoms with Crippen LogP contribution in [-0.4, -0.2) is 29.6 Å². The zero-order valence-electron chi connectivity index (χ0n) is 16.7. The van der Waals surface area contributed by atoms with Gasteiger partial charge in [-0.15, -0.1) is 0 Å². The van der Waals surface area contributed by atoms with Crippen LogP contribution in [0.25, 0.3) is 10.9 Å². The van der Waals surface area contributed by atoms with Gasteiger partial charge in [-0.25, -0.2) is 4.79 Å². The van der Waals surface area contributed by atoms with E-state index < -0.39 is 23.0 Å². The molecule has 7 heteroatoms. The van der Waals surface area contributed by atoms with Gasteiger partial charge >= 0.3 is 5.97 Å². The number of hydrogen-bond acceptors (Lipinski definition) is 5. The number of carbonyl (C=O) groups excluding carboxylic acids is 2. The first-order valence-corrected chi connectivity index (χ1v) is 9.03. The number of rotatable bonds is 4. The second-order valence-electron chi connectivity index (χ2n) is 7.47. The normalized spacial score (nSPS) is 11.2. The molecule has 0 saturated heterocycles. The monoisotopic (exact) mass is 394 g/mol. The second kappa shape index (κ2) is 7.79. The summed E-state index contributed by atoms with van der Waals surface area (Å²) in [5.74, 6) is -0.486. The summed E-state index contributed by atoms with van der Waals surface area (Å²) in [6.45, 7) is 5.36. The predicted molar refractivity (Wildman–Crippen MR) is 111 cm³/mol. The number of carbonyl (C=O) groups is 2. The van der Waals surface area contributed by atoms with Crippen molar-refractivity contribution in [2.75, 3.05) is 12.4 Å². The van der Waals surface area contributed by atoms with E-state index in [1.54, 1.807) is 63.2 Å². The van der Waals surface area contributed by atoms with Gasteiger partial charge in [0.1, 0.15) is 16.9 Å². The molecule has 2 N–H and O–H groups in total. The fraction of sp³-hybridized carbons (Fsp3) is 0.227. The largest absolute Gasteiger partial charge is 0.495 e. The molecule has 1 heterocycles. The topological polar surface area (TPSA) is 97.5 Å². The van der Waals surface area contributed by atoms with Crippen LogP contribution in [0.1, 0.15) is 41.5 Å². The molecular formula is C22H22N2O5. The van der Waals surface area contributed by atoms with Gasteiger partial charge < -0.3 is 19.8 Å². The summed E-state index contributed by atoms with van der Waals surface area (Å²) >= 11 is 0. The van der Waals surface area contributed by atoms with Gasteiger partial charge in [-0.1, -0.05) is 12.1 Å². The van der Waals surface area contributed by atoms with Crippen LogP contribution in [0.3, 0.4) is 0 Å². The van der Waals surface area contributed by atoms with Gasteiger partial charge in [-0.05, 0) is 57.2 Å². The van der Waals surface area contributed by atoms with Gasteiger partial charge in [0.05, 0.1) is 18.2 Å². The smallest absolute Gasteiger partial charge is 0.338 e. The summed E-state index contributed by atoms with van der Waals surface area (Å²) in [4.78, 5) is 39.7. The van der Waals surface area contributed by atoms with Gasteiger partial charge in [-0.2, -0.15) is 0 Å². The highest BCUT2D eigenvalue weighted by Crippen LogP contribution is 2.22. The molecule has 3 aromatic rings. The van der Waals surface area contributed by atoms with Crippen molar-refractivity contribution in [3.8, 4) is 5.75 Å². The van der Waals surface area contributed by atoms with Crippen molar-refractivity contribution in [2.24, 2.45) is 0 Å². The van der Waals surface area contributed by atoms with Crippen LogP contribution in [0.4, 0.5) is 5.69 Å². The van der Waals surface area contributed by atoms with Crippen molar-refractivity contribution in [1.29, 1.82) is 0 Å². The lowest BCUT2D eigenvalue weighted by Crippen LogP contribution is -2.24. The van der Waals surface area contributed by atoms with Gasteiger partial charge in [-0.3, -0.25) is 9.59 Å². The number of nitrogens with one attached hydrogen (secondary N) is 2. The number of H-pyrrole nitrogens is 1. The molecule has 1 amide bonds. The Morgan fingerprint density at radius 3 is 2.34 bits per heavy atom. The molecule has 150 valence electrons. The van der Waals surface area contributed by atoms with Crippen molar-refractivity contribution < 1.29 is 19.1 Å². The summed E-state index contributed by atoms with van der Waals surface area (Å²) in [5, 5.41) is 3.34. The Morgan fingerprint density at radius 2 is 1.72 bits per heavy atom. The fourth-order valence-electron chi connectivity index (χ4n) is 2.77. The Bertz CT molecular complexity index is 1120. The van der Waals surface area contributed by atoms with E-state index in [4.69, 9.17) is 9.47 Å². The van der Waals surface area contributed by atoms with Crippen molar-refractivity contribution in [2.45, 2.75) is 26.4 Å². The van der Waals surface area contributed by atoms with E-state index in [0.717, 1.165) is 0 Å². The quantitative estimate of drug-likeness (QED) is 0.657. The first-order valence-electron chi connectivity index (χ1n) is 9.03. The maximum Gasteiger partial charge on any atom is 0.338 e. The van der Waals surface area contributed by atoms with Crippen LogP contribution < -0.4 is 15.6 Å². The average Bonchev–Trinajstić information content (AvgIpc) is 2.66. The Morgan fingerprint density at radius 1 is 1.03 bits per heavy atom. The molecule has 3 rings (SSSR count). The van der Waals surface area contributed by atoms with E-state index in [2.05, 4.69) is 10.3 Å². The molecule has 0 unspecified atom stereocenters. The van der Waals surface area contributed by atoms with E-state index >= 15 is 0 Å². The zero-order valence-corrected chi connectivity index (χ0v) is 16.7. The number of fused-ring (bicyclic) bond motifs is 1. The summed E-state index contributed by atoms with van der Waals surface area (Å²) < 4.78 is 10.5. The summed E-state index contributed by atoms with van der Waals surface area (Å²) in [6.07, 6.45) is 0. The van der Waals surface area contributed by atoms with E-state index in [9.17, 15) is 14.4 Å². The fourth-order valence-corrected chi connectivity index (χ4v) is 2.77. The Hall–Kier alpha value is -3.61. The molecule has 1 aromatic heterocycles. The van der Waals surface area contributed by atoms with E-state index in [1.807, 2.05) is 0 Å². The number of aromatic nitrogens is 1. The lowest BCUT2D eigenvalue weighted by molar-refractivity contribution is 0.00695. The van der Waals surface area contributed by atoms with Crippen molar-refractivity contribution in [3.05, 3.63) is 70.0 Å². The third-order valence-corrected chi connectivity index (χ3v) is 4.08. The maximum absolute atomic E-state index is 12.6. The Balaban J connectivity index is 1.81. The Labute approximate surface area is 167 Å². The molecule has 0 saturated carbocycles. The van der Waals surface area contributed by atoms with E-state index in [1.165, 1.54) is 13.2 Å². The highest BCUT2D eigenvalue weighted by Gasteiger charge is 2.18. The van der Waals surface area contributed by atoms with Gasteiger partial charge in [0, 0.05) is 11.1 Å². The minimum atomic E-state index is -0.593. The molecule has 0 fully saturated rings. The molecule has 0 aliphatic rings. The summed E-state index contributed by atoms with van der Waals surface area (Å²) in [6, 6.07) is 13.1. The molecule has 0 aliphatic heterocycles. The third-order valence-electron chi connectivity index (χ3n) is 4.08. The van der Waals surface area contributed by atoms with Crippen molar-refractivity contribution in [1.82, 2.24) is 4.98 Å². The van der Waals surface area contributed by atoms with Gasteiger partial charge in [0.25, 0.3) is 11.5 Å². The maximum atomic E-state index is 12.6. The molecule has 29 heavy (non-hydrogen) atoms. The van der Waals surface area contributed by atoms with Crippen LogP contribution in [0, 0.1) is 0 Å². The van der Waals surface area contributed by atoms with Crippen molar-refractivity contribution in [3.63, 3.8) is 0 Å². The van der Waals surface area contributed by atoms with E-state index in [-0.39, 0.29) is 5.56 Å². The molecule has 7 nitrogen and oxygen atoms in total. The summed E-state index contributed by atoms with van der Waals surface area (Å²) in [5.41, 5.74) is 0.204. The lowest BCUT2D eigenvalue weighted by atomic mass is 10.1.